The van der Waals surface area contributed by atoms with E-state index < -0.39 is 0 Å². The van der Waals surface area contributed by atoms with Crippen LogP contribution in [0.2, 0.25) is 5.15 Å². The summed E-state index contributed by atoms with van der Waals surface area (Å²) in [7, 11) is 0. The first-order chi connectivity index (χ1) is 7.20. The van der Waals surface area contributed by atoms with E-state index in [0.717, 1.165) is 12.8 Å². The van der Waals surface area contributed by atoms with Crippen molar-refractivity contribution < 1.29 is 0 Å². The molecule has 0 N–H and O–H groups in total. The molecular formula is C10H12BrClN2O. The summed E-state index contributed by atoms with van der Waals surface area (Å²) in [6.45, 7) is 0. The van der Waals surface area contributed by atoms with Crippen LogP contribution in [-0.4, -0.2) is 9.55 Å². The van der Waals surface area contributed by atoms with Crippen molar-refractivity contribution in [3.63, 3.8) is 0 Å². The number of hydrogen-bond acceptors (Lipinski definition) is 2. The quantitative estimate of drug-likeness (QED) is 0.745. The predicted molar refractivity (Wildman–Crippen MR) is 63.3 cm³/mol. The normalized spacial score (nSPS) is 18.0. The highest BCUT2D eigenvalue weighted by Gasteiger charge is 2.18. The zero-order chi connectivity index (χ0) is 10.8. The first-order valence-electron chi connectivity index (χ1n) is 5.12. The summed E-state index contributed by atoms with van der Waals surface area (Å²) in [5.41, 5.74) is -0.0677. The van der Waals surface area contributed by atoms with Gasteiger partial charge in [0.2, 0.25) is 0 Å². The summed E-state index contributed by atoms with van der Waals surface area (Å²) in [5, 5.41) is 0.243. The van der Waals surface area contributed by atoms with Gasteiger partial charge in [0.1, 0.15) is 4.47 Å². The van der Waals surface area contributed by atoms with Crippen LogP contribution in [0.5, 0.6) is 0 Å². The molecule has 0 aliphatic heterocycles. The smallest absolute Gasteiger partial charge is 0.269 e. The average Bonchev–Trinajstić information content (AvgIpc) is 2.27. The molecule has 3 nitrogen and oxygen atoms in total. The molecule has 1 aromatic rings. The van der Waals surface area contributed by atoms with E-state index in [0.29, 0.717) is 10.5 Å². The fourth-order valence-electron chi connectivity index (χ4n) is 2.04. The molecule has 2 rings (SSSR count). The molecule has 0 spiro atoms. The van der Waals surface area contributed by atoms with Gasteiger partial charge in [-0.15, -0.1) is 0 Å². The summed E-state index contributed by atoms with van der Waals surface area (Å²) in [6, 6.07) is 0.298. The largest absolute Gasteiger partial charge is 0.295 e. The molecule has 0 amide bonds. The Balaban J connectivity index is 2.35. The molecule has 1 heterocycles. The third kappa shape index (κ3) is 2.26. The number of halogens is 2. The number of hydrogen-bond donors (Lipinski definition) is 0. The number of aromatic nitrogens is 2. The van der Waals surface area contributed by atoms with Gasteiger partial charge < -0.3 is 0 Å². The third-order valence-electron chi connectivity index (χ3n) is 2.87. The van der Waals surface area contributed by atoms with E-state index in [1.807, 2.05) is 0 Å². The van der Waals surface area contributed by atoms with Crippen LogP contribution in [0.1, 0.15) is 38.1 Å². The fourth-order valence-corrected chi connectivity index (χ4v) is 2.47. The maximum atomic E-state index is 11.9. The van der Waals surface area contributed by atoms with Gasteiger partial charge in [-0.2, -0.15) is 0 Å². The van der Waals surface area contributed by atoms with Crippen LogP contribution < -0.4 is 5.56 Å². The van der Waals surface area contributed by atoms with Crippen LogP contribution in [-0.2, 0) is 0 Å². The summed E-state index contributed by atoms with van der Waals surface area (Å²) in [6.07, 6.45) is 7.35. The van der Waals surface area contributed by atoms with Gasteiger partial charge in [0.15, 0.2) is 5.15 Å². The molecule has 82 valence electrons. The molecule has 1 saturated carbocycles. The summed E-state index contributed by atoms with van der Waals surface area (Å²) < 4.78 is 2.08. The Morgan fingerprint density at radius 3 is 2.73 bits per heavy atom. The molecule has 0 unspecified atom stereocenters. The van der Waals surface area contributed by atoms with Crippen molar-refractivity contribution in [1.29, 1.82) is 0 Å². The second-order valence-corrected chi connectivity index (χ2v) is 5.00. The molecule has 0 saturated heterocycles. The topological polar surface area (TPSA) is 34.9 Å². The molecule has 15 heavy (non-hydrogen) atoms. The zero-order valence-corrected chi connectivity index (χ0v) is 10.6. The van der Waals surface area contributed by atoms with Gasteiger partial charge in [0.25, 0.3) is 5.56 Å². The minimum Gasteiger partial charge on any atom is -0.295 e. The van der Waals surface area contributed by atoms with Crippen molar-refractivity contribution in [3.8, 4) is 0 Å². The van der Waals surface area contributed by atoms with Gasteiger partial charge in [-0.05, 0) is 28.8 Å². The second kappa shape index (κ2) is 4.66. The average molecular weight is 292 g/mol. The van der Waals surface area contributed by atoms with E-state index >= 15 is 0 Å². The van der Waals surface area contributed by atoms with Crippen molar-refractivity contribution in [2.45, 2.75) is 38.1 Å². The number of nitrogens with zero attached hydrogens (tertiary/aromatic N) is 2. The highest BCUT2D eigenvalue weighted by molar-refractivity contribution is 9.10. The van der Waals surface area contributed by atoms with Crippen molar-refractivity contribution in [2.24, 2.45) is 0 Å². The van der Waals surface area contributed by atoms with Crippen molar-refractivity contribution in [3.05, 3.63) is 26.3 Å². The highest BCUT2D eigenvalue weighted by Crippen LogP contribution is 2.27. The van der Waals surface area contributed by atoms with E-state index in [9.17, 15) is 4.79 Å². The highest BCUT2D eigenvalue weighted by atomic mass is 79.9. The zero-order valence-electron chi connectivity index (χ0n) is 8.25. The Labute approximate surface area is 102 Å². The van der Waals surface area contributed by atoms with Crippen LogP contribution >= 0.6 is 27.5 Å². The summed E-state index contributed by atoms with van der Waals surface area (Å²) in [4.78, 5) is 15.9. The first kappa shape index (κ1) is 11.1. The molecule has 5 heteroatoms. The van der Waals surface area contributed by atoms with Crippen LogP contribution in [0.15, 0.2) is 15.6 Å². The molecule has 1 aliphatic carbocycles. The molecule has 0 radical (unpaired) electrons. The summed E-state index contributed by atoms with van der Waals surface area (Å²) in [5.74, 6) is 0. The minimum absolute atomic E-state index is 0.0677. The Morgan fingerprint density at radius 2 is 2.07 bits per heavy atom. The minimum atomic E-state index is -0.0677. The van der Waals surface area contributed by atoms with E-state index in [2.05, 4.69) is 20.9 Å². The van der Waals surface area contributed by atoms with Crippen LogP contribution in [0.25, 0.3) is 0 Å². The molecule has 0 atom stereocenters. The molecule has 1 aliphatic rings. The summed E-state index contributed by atoms with van der Waals surface area (Å²) >= 11 is 8.92. The van der Waals surface area contributed by atoms with Crippen molar-refractivity contribution in [1.82, 2.24) is 9.55 Å². The SMILES string of the molecule is O=c1c(Br)c(Cl)ncn1C1CCCCC1. The molecule has 1 fully saturated rings. The Morgan fingerprint density at radius 1 is 1.40 bits per heavy atom. The fraction of sp³-hybridized carbons (Fsp3) is 0.600. The predicted octanol–water partition coefficient (Wildman–Crippen LogP) is 3.16. The number of rotatable bonds is 1. The lowest BCUT2D eigenvalue weighted by atomic mass is 9.95. The van der Waals surface area contributed by atoms with Gasteiger partial charge in [-0.1, -0.05) is 30.9 Å². The maximum absolute atomic E-state index is 11.9. The van der Waals surface area contributed by atoms with Gasteiger partial charge in [0.05, 0.1) is 6.33 Å². The Hall–Kier alpha value is -0.350. The lowest BCUT2D eigenvalue weighted by molar-refractivity contribution is 0.343. The van der Waals surface area contributed by atoms with Gasteiger partial charge in [-0.25, -0.2) is 4.98 Å². The van der Waals surface area contributed by atoms with Crippen LogP contribution in [0.4, 0.5) is 0 Å². The van der Waals surface area contributed by atoms with E-state index in [1.165, 1.54) is 19.3 Å². The molecule has 1 aromatic heterocycles. The first-order valence-corrected chi connectivity index (χ1v) is 6.29. The monoisotopic (exact) mass is 290 g/mol. The van der Waals surface area contributed by atoms with E-state index in [-0.39, 0.29) is 10.7 Å². The lowest BCUT2D eigenvalue weighted by Gasteiger charge is -2.23. The van der Waals surface area contributed by atoms with Crippen molar-refractivity contribution in [2.75, 3.05) is 0 Å². The van der Waals surface area contributed by atoms with Gasteiger partial charge in [0, 0.05) is 6.04 Å². The van der Waals surface area contributed by atoms with E-state index in [4.69, 9.17) is 11.6 Å². The van der Waals surface area contributed by atoms with Gasteiger partial charge >= 0.3 is 0 Å². The molecule has 0 aromatic carbocycles. The Kier molecular flexibility index (Phi) is 3.46. The van der Waals surface area contributed by atoms with Crippen LogP contribution in [0.3, 0.4) is 0 Å². The van der Waals surface area contributed by atoms with Crippen LogP contribution in [0, 0.1) is 0 Å². The second-order valence-electron chi connectivity index (χ2n) is 3.85. The Bertz CT molecular complexity index is 412. The van der Waals surface area contributed by atoms with Crippen molar-refractivity contribution >= 4 is 27.5 Å². The standard InChI is InChI=1S/C10H12BrClN2O/c11-8-9(12)13-6-14(10(8)15)7-4-2-1-3-5-7/h6-7H,1-5H2. The third-order valence-corrected chi connectivity index (χ3v) is 4.10. The molecule has 0 bridgehead atoms. The van der Waals surface area contributed by atoms with E-state index in [1.54, 1.807) is 10.9 Å². The van der Waals surface area contributed by atoms with Gasteiger partial charge in [-0.3, -0.25) is 9.36 Å². The molecular weight excluding hydrogens is 279 g/mol. The maximum Gasteiger partial charge on any atom is 0.269 e. The lowest BCUT2D eigenvalue weighted by Crippen LogP contribution is -2.27.